The molecule has 0 aliphatic carbocycles. The third kappa shape index (κ3) is 1.33. The van der Waals surface area contributed by atoms with Gasteiger partial charge in [0.15, 0.2) is 11.5 Å². The van der Waals surface area contributed by atoms with Gasteiger partial charge >= 0.3 is 0 Å². The van der Waals surface area contributed by atoms with Gasteiger partial charge < -0.3 is 19.5 Å². The normalized spacial score (nSPS) is 22.3. The first kappa shape index (κ1) is 8.85. The maximum atomic E-state index is 5.37. The molecule has 2 aliphatic heterocycles. The molecule has 0 spiro atoms. The quantitative estimate of drug-likeness (QED) is 0.797. The summed E-state index contributed by atoms with van der Waals surface area (Å²) in [6.07, 6.45) is 1.17. The Morgan fingerprint density at radius 1 is 1.40 bits per heavy atom. The fourth-order valence-electron chi connectivity index (χ4n) is 1.92. The van der Waals surface area contributed by atoms with E-state index >= 15 is 0 Å². The minimum Gasteiger partial charge on any atom is -0.493 e. The summed E-state index contributed by atoms with van der Waals surface area (Å²) in [5.41, 5.74) is 1.21. The van der Waals surface area contributed by atoms with E-state index < -0.39 is 0 Å². The molecular formula is C11H13NO3. The lowest BCUT2D eigenvalue weighted by Crippen LogP contribution is -2.34. The minimum absolute atomic E-state index is 0.285. The minimum atomic E-state index is 0.285. The van der Waals surface area contributed by atoms with Crippen LogP contribution in [-0.2, 0) is 0 Å². The summed E-state index contributed by atoms with van der Waals surface area (Å²) in [5.74, 6) is 2.27. The van der Waals surface area contributed by atoms with Crippen LogP contribution in [0.4, 0.5) is 0 Å². The Morgan fingerprint density at radius 2 is 2.27 bits per heavy atom. The van der Waals surface area contributed by atoms with Crippen molar-refractivity contribution in [2.45, 2.75) is 12.5 Å². The predicted molar refractivity (Wildman–Crippen MR) is 54.5 cm³/mol. The largest absolute Gasteiger partial charge is 0.493 e. The summed E-state index contributed by atoms with van der Waals surface area (Å²) in [4.78, 5) is 0. The highest BCUT2D eigenvalue weighted by Gasteiger charge is 2.25. The highest BCUT2D eigenvalue weighted by Crippen LogP contribution is 2.43. The molecule has 1 fully saturated rings. The topological polar surface area (TPSA) is 39.7 Å². The lowest BCUT2D eigenvalue weighted by atomic mass is 9.97. The van der Waals surface area contributed by atoms with Crippen LogP contribution >= 0.6 is 0 Å². The first-order valence-electron chi connectivity index (χ1n) is 5.09. The first-order valence-corrected chi connectivity index (χ1v) is 5.09. The zero-order valence-electron chi connectivity index (χ0n) is 8.58. The van der Waals surface area contributed by atoms with Crippen LogP contribution in [-0.4, -0.2) is 20.4 Å². The molecule has 4 nitrogen and oxygen atoms in total. The van der Waals surface area contributed by atoms with E-state index in [0.717, 1.165) is 23.8 Å². The standard InChI is InChI=1S/C11H13NO3/c1-13-9-4-7(8-2-3-12-8)5-10-11(9)15-6-14-10/h4-5,8,12H,2-3,6H2,1H3/t8-/m1/s1. The van der Waals surface area contributed by atoms with Crippen LogP contribution in [0, 0.1) is 0 Å². The average molecular weight is 207 g/mol. The van der Waals surface area contributed by atoms with Crippen LogP contribution in [0.25, 0.3) is 0 Å². The van der Waals surface area contributed by atoms with Crippen molar-refractivity contribution in [3.63, 3.8) is 0 Å². The van der Waals surface area contributed by atoms with E-state index in [4.69, 9.17) is 14.2 Å². The SMILES string of the molecule is COc1cc([C@H]2CCN2)cc2c1OCO2. The fraction of sp³-hybridized carbons (Fsp3) is 0.455. The van der Waals surface area contributed by atoms with Crippen molar-refractivity contribution in [2.75, 3.05) is 20.4 Å². The molecule has 2 heterocycles. The molecule has 1 aromatic carbocycles. The van der Waals surface area contributed by atoms with E-state index in [1.54, 1.807) is 7.11 Å². The van der Waals surface area contributed by atoms with Gasteiger partial charge in [0.25, 0.3) is 0 Å². The van der Waals surface area contributed by atoms with Gasteiger partial charge in [-0.2, -0.15) is 0 Å². The molecule has 1 atom stereocenters. The number of fused-ring (bicyclic) bond motifs is 1. The van der Waals surface area contributed by atoms with Gasteiger partial charge in [-0.1, -0.05) is 0 Å². The summed E-state index contributed by atoms with van der Waals surface area (Å²) < 4.78 is 16.0. The Morgan fingerprint density at radius 3 is 2.93 bits per heavy atom. The number of methoxy groups -OCH3 is 1. The maximum absolute atomic E-state index is 5.37. The molecule has 2 aliphatic rings. The smallest absolute Gasteiger partial charge is 0.231 e. The maximum Gasteiger partial charge on any atom is 0.231 e. The molecule has 0 aromatic heterocycles. The van der Waals surface area contributed by atoms with Crippen molar-refractivity contribution in [2.24, 2.45) is 0 Å². The summed E-state index contributed by atoms with van der Waals surface area (Å²) in [5, 5.41) is 3.35. The van der Waals surface area contributed by atoms with E-state index in [2.05, 4.69) is 5.32 Å². The molecule has 0 bridgehead atoms. The second-order valence-corrected chi connectivity index (χ2v) is 3.75. The van der Waals surface area contributed by atoms with Gasteiger partial charge in [0.1, 0.15) is 0 Å². The van der Waals surface area contributed by atoms with Crippen LogP contribution in [0.15, 0.2) is 12.1 Å². The van der Waals surface area contributed by atoms with Crippen LogP contribution in [0.1, 0.15) is 18.0 Å². The average Bonchev–Trinajstić information content (AvgIpc) is 2.61. The first-order chi connectivity index (χ1) is 7.38. The second-order valence-electron chi connectivity index (χ2n) is 3.75. The van der Waals surface area contributed by atoms with Gasteiger partial charge in [-0.25, -0.2) is 0 Å². The van der Waals surface area contributed by atoms with Gasteiger partial charge in [0.2, 0.25) is 12.5 Å². The van der Waals surface area contributed by atoms with E-state index in [-0.39, 0.29) is 6.79 Å². The Hall–Kier alpha value is -1.42. The molecule has 0 saturated carbocycles. The molecule has 0 unspecified atom stereocenters. The highest BCUT2D eigenvalue weighted by molar-refractivity contribution is 5.55. The molecule has 1 N–H and O–H groups in total. The number of rotatable bonds is 2. The Kier molecular flexibility index (Phi) is 1.95. The van der Waals surface area contributed by atoms with Gasteiger partial charge in [-0.3, -0.25) is 0 Å². The van der Waals surface area contributed by atoms with Gasteiger partial charge in [-0.15, -0.1) is 0 Å². The second kappa shape index (κ2) is 3.31. The van der Waals surface area contributed by atoms with E-state index in [1.165, 1.54) is 12.0 Å². The lowest BCUT2D eigenvalue weighted by Gasteiger charge is -2.28. The van der Waals surface area contributed by atoms with Crippen molar-refractivity contribution in [1.29, 1.82) is 0 Å². The monoisotopic (exact) mass is 207 g/mol. The molecule has 4 heteroatoms. The summed E-state index contributed by atoms with van der Waals surface area (Å²) in [6, 6.07) is 4.49. The van der Waals surface area contributed by atoms with Crippen LogP contribution in [0.5, 0.6) is 17.2 Å². The number of ether oxygens (including phenoxy) is 3. The Bertz CT molecular complexity index is 388. The Balaban J connectivity index is 2.02. The zero-order chi connectivity index (χ0) is 10.3. The molecule has 0 amide bonds. The van der Waals surface area contributed by atoms with Gasteiger partial charge in [-0.05, 0) is 30.7 Å². The third-order valence-corrected chi connectivity index (χ3v) is 2.91. The zero-order valence-corrected chi connectivity index (χ0v) is 8.58. The molecule has 15 heavy (non-hydrogen) atoms. The summed E-state index contributed by atoms with van der Waals surface area (Å²) in [6.45, 7) is 1.37. The molecule has 3 rings (SSSR count). The van der Waals surface area contributed by atoms with Gasteiger partial charge in [0, 0.05) is 6.04 Å². The van der Waals surface area contributed by atoms with Crippen molar-refractivity contribution >= 4 is 0 Å². The van der Waals surface area contributed by atoms with Crippen molar-refractivity contribution in [3.8, 4) is 17.2 Å². The van der Waals surface area contributed by atoms with Crippen molar-refractivity contribution < 1.29 is 14.2 Å². The predicted octanol–water partition coefficient (Wildman–Crippen LogP) is 1.46. The molecule has 1 saturated heterocycles. The fourth-order valence-corrected chi connectivity index (χ4v) is 1.92. The van der Waals surface area contributed by atoms with E-state index in [0.29, 0.717) is 6.04 Å². The highest BCUT2D eigenvalue weighted by atomic mass is 16.7. The van der Waals surface area contributed by atoms with Crippen molar-refractivity contribution in [3.05, 3.63) is 17.7 Å². The van der Waals surface area contributed by atoms with Crippen LogP contribution in [0.3, 0.4) is 0 Å². The number of hydrogen-bond donors (Lipinski definition) is 1. The van der Waals surface area contributed by atoms with Gasteiger partial charge in [0.05, 0.1) is 7.11 Å². The van der Waals surface area contributed by atoms with Crippen molar-refractivity contribution in [1.82, 2.24) is 5.32 Å². The van der Waals surface area contributed by atoms with Crippen LogP contribution < -0.4 is 19.5 Å². The number of benzene rings is 1. The Labute approximate surface area is 88.1 Å². The summed E-state index contributed by atoms with van der Waals surface area (Å²) >= 11 is 0. The van der Waals surface area contributed by atoms with E-state index in [1.807, 2.05) is 12.1 Å². The summed E-state index contributed by atoms with van der Waals surface area (Å²) in [7, 11) is 1.65. The lowest BCUT2D eigenvalue weighted by molar-refractivity contribution is 0.171. The van der Waals surface area contributed by atoms with E-state index in [9.17, 15) is 0 Å². The number of hydrogen-bond acceptors (Lipinski definition) is 4. The molecular weight excluding hydrogens is 194 g/mol. The third-order valence-electron chi connectivity index (χ3n) is 2.91. The number of nitrogens with one attached hydrogen (secondary N) is 1. The molecule has 1 aromatic rings. The van der Waals surface area contributed by atoms with Crippen LogP contribution in [0.2, 0.25) is 0 Å². The molecule has 0 radical (unpaired) electrons. The molecule has 80 valence electrons.